The molecule has 0 amide bonds. The van der Waals surface area contributed by atoms with E-state index in [0.717, 1.165) is 22.6 Å². The van der Waals surface area contributed by atoms with E-state index in [0.29, 0.717) is 0 Å². The maximum atomic E-state index is 8.95. The average molecular weight is 700 g/mol. The van der Waals surface area contributed by atoms with Crippen LogP contribution in [0.25, 0.3) is 0 Å². The van der Waals surface area contributed by atoms with Gasteiger partial charge in [0.2, 0.25) is 0 Å². The number of hydrogen-bond acceptors (Lipinski definition) is 0. The summed E-state index contributed by atoms with van der Waals surface area (Å²) < 4.78 is 0. The first kappa shape index (κ1) is 29.6. The van der Waals surface area contributed by atoms with Gasteiger partial charge in [0, 0.05) is 0 Å². The zero-order valence-corrected chi connectivity index (χ0v) is 29.4. The van der Waals surface area contributed by atoms with E-state index in [4.69, 9.17) is 19.1 Å². The Morgan fingerprint density at radius 1 is 0.487 bits per heavy atom. The summed E-state index contributed by atoms with van der Waals surface area (Å²) in [4.78, 5) is 0. The van der Waals surface area contributed by atoms with E-state index in [1.54, 1.807) is 10.6 Å². The zero-order valence-electron chi connectivity index (χ0n) is 24.3. The number of rotatable bonds is 8. The van der Waals surface area contributed by atoms with E-state index in [-0.39, 0.29) is 0 Å². The van der Waals surface area contributed by atoms with Crippen LogP contribution in [-0.2, 0) is 12.5 Å². The Labute approximate surface area is 250 Å². The summed E-state index contributed by atoms with van der Waals surface area (Å²) in [7, 11) is 17.9. The Bertz CT molecular complexity index is 1010. The molecule has 4 aliphatic rings. The Morgan fingerprint density at radius 2 is 0.744 bits per heavy atom. The molecule has 0 atom stereocenters. The normalized spacial score (nSPS) is 24.1. The quantitative estimate of drug-likeness (QED) is 0.190. The molecular formula is C34H52Cl2P2Pd. The van der Waals surface area contributed by atoms with Crippen LogP contribution in [0.3, 0.4) is 0 Å². The van der Waals surface area contributed by atoms with Crippen molar-refractivity contribution in [2.75, 3.05) is 0 Å². The third-order valence-corrected chi connectivity index (χ3v) is 65.5. The van der Waals surface area contributed by atoms with Crippen molar-refractivity contribution in [1.82, 2.24) is 0 Å². The second-order valence-corrected chi connectivity index (χ2v) is 47.3. The van der Waals surface area contributed by atoms with E-state index in [1.165, 1.54) is 114 Å². The third kappa shape index (κ3) is 4.71. The summed E-state index contributed by atoms with van der Waals surface area (Å²) in [5, 5.41) is 3.46. The van der Waals surface area contributed by atoms with Gasteiger partial charge in [-0.2, -0.15) is 0 Å². The number of halogens is 2. The van der Waals surface area contributed by atoms with Crippen molar-refractivity contribution in [3.8, 4) is 0 Å². The fraction of sp³-hybridized carbons (Fsp3) is 0.647. The summed E-state index contributed by atoms with van der Waals surface area (Å²) in [6.45, 7) is 4.84. The van der Waals surface area contributed by atoms with Crippen molar-refractivity contribution in [2.45, 2.75) is 139 Å². The maximum absolute atomic E-state index is 8.95. The van der Waals surface area contributed by atoms with Crippen LogP contribution in [0, 0.1) is 13.8 Å². The monoisotopic (exact) mass is 698 g/mol. The van der Waals surface area contributed by atoms with Gasteiger partial charge in [-0.15, -0.1) is 0 Å². The van der Waals surface area contributed by atoms with Crippen LogP contribution < -0.4 is 10.6 Å². The van der Waals surface area contributed by atoms with Gasteiger partial charge in [-0.1, -0.05) is 0 Å². The molecule has 0 aromatic heterocycles. The molecule has 0 bridgehead atoms. The molecule has 4 saturated carbocycles. The Hall–Kier alpha value is 0.542. The first-order valence-electron chi connectivity index (χ1n) is 16.1. The van der Waals surface area contributed by atoms with E-state index < -0.39 is 23.4 Å². The zero-order chi connectivity index (χ0) is 27.1. The van der Waals surface area contributed by atoms with Gasteiger partial charge in [0.25, 0.3) is 0 Å². The molecule has 0 radical (unpaired) electrons. The van der Waals surface area contributed by atoms with Crippen LogP contribution in [0.2, 0.25) is 0 Å². The van der Waals surface area contributed by atoms with Crippen molar-refractivity contribution in [3.05, 3.63) is 59.7 Å². The molecule has 4 fully saturated rings. The molecule has 6 rings (SSSR count). The molecule has 0 nitrogen and oxygen atoms in total. The van der Waals surface area contributed by atoms with Gasteiger partial charge in [-0.25, -0.2) is 0 Å². The van der Waals surface area contributed by atoms with E-state index in [1.807, 2.05) is 0 Å². The van der Waals surface area contributed by atoms with Gasteiger partial charge >= 0.3 is 252 Å². The summed E-state index contributed by atoms with van der Waals surface area (Å²) >= 11 is -3.02. The molecule has 39 heavy (non-hydrogen) atoms. The van der Waals surface area contributed by atoms with Gasteiger partial charge in [0.1, 0.15) is 0 Å². The molecular weight excluding hydrogens is 648 g/mol. The van der Waals surface area contributed by atoms with Crippen LogP contribution in [0.1, 0.15) is 114 Å². The average Bonchev–Trinajstić information content (AvgIpc) is 3.76. The predicted molar refractivity (Wildman–Crippen MR) is 179 cm³/mol. The number of aryl methyl sites for hydroxylation is 2. The van der Waals surface area contributed by atoms with E-state index >= 15 is 0 Å². The molecule has 0 spiro atoms. The van der Waals surface area contributed by atoms with Gasteiger partial charge in [-0.05, 0) is 0 Å². The van der Waals surface area contributed by atoms with Crippen molar-refractivity contribution >= 4 is 40.6 Å². The molecule has 0 heterocycles. The Morgan fingerprint density at radius 3 is 1.00 bits per heavy atom. The summed E-state index contributed by atoms with van der Waals surface area (Å²) in [6.07, 6.45) is 22.3. The second-order valence-electron chi connectivity index (χ2n) is 13.4. The summed E-state index contributed by atoms with van der Waals surface area (Å²) in [5.74, 6) is 0. The van der Waals surface area contributed by atoms with Crippen LogP contribution in [0.15, 0.2) is 48.5 Å². The molecule has 0 N–H and O–H groups in total. The number of hydrogen-bond donors (Lipinski definition) is 0. The first-order valence-corrected chi connectivity index (χ1v) is 28.7. The molecule has 0 saturated heterocycles. The Kier molecular flexibility index (Phi) is 9.31. The first-order chi connectivity index (χ1) is 19.0. The molecule has 0 unspecified atom stereocenters. The topological polar surface area (TPSA) is 0 Å². The van der Waals surface area contributed by atoms with Crippen molar-refractivity contribution in [1.29, 1.82) is 0 Å². The molecule has 222 valence electrons. The van der Waals surface area contributed by atoms with Gasteiger partial charge < -0.3 is 0 Å². The van der Waals surface area contributed by atoms with Crippen molar-refractivity contribution < 1.29 is 12.5 Å². The van der Waals surface area contributed by atoms with Crippen LogP contribution in [-0.4, -0.2) is 22.6 Å². The van der Waals surface area contributed by atoms with Crippen molar-refractivity contribution in [3.63, 3.8) is 0 Å². The fourth-order valence-electron chi connectivity index (χ4n) is 9.91. The fourth-order valence-corrected chi connectivity index (χ4v) is 84.2. The predicted octanol–water partition coefficient (Wildman–Crippen LogP) is 10.8. The van der Waals surface area contributed by atoms with Gasteiger partial charge in [0.15, 0.2) is 0 Å². The Balaban J connectivity index is 1.72. The number of benzene rings is 2. The molecule has 0 aliphatic heterocycles. The van der Waals surface area contributed by atoms with E-state index in [2.05, 4.69) is 62.4 Å². The molecule has 2 aromatic rings. The summed E-state index contributed by atoms with van der Waals surface area (Å²) in [5.41, 5.74) is 1.56. The van der Waals surface area contributed by atoms with Crippen LogP contribution in [0.4, 0.5) is 0 Å². The van der Waals surface area contributed by atoms with Gasteiger partial charge in [0.05, 0.1) is 0 Å². The molecule has 2 aromatic carbocycles. The minimum absolute atomic E-state index is 0.785. The molecule has 5 heteroatoms. The SMILES string of the molecule is Cc1ccccc1[PH](C1CCCC1)(C1CCCC1)[Pd]([Cl])([Cl])[PH](c1ccccc1C)(C1CCCC1)C1CCCC1. The van der Waals surface area contributed by atoms with Crippen LogP contribution >= 0.6 is 30.0 Å². The minimum atomic E-state index is -3.02. The second kappa shape index (κ2) is 12.3. The van der Waals surface area contributed by atoms with Gasteiger partial charge in [-0.3, -0.25) is 0 Å². The molecule has 4 aliphatic carbocycles. The van der Waals surface area contributed by atoms with Crippen LogP contribution in [0.5, 0.6) is 0 Å². The third-order valence-electron chi connectivity index (χ3n) is 11.4. The van der Waals surface area contributed by atoms with Crippen molar-refractivity contribution in [2.24, 2.45) is 0 Å². The van der Waals surface area contributed by atoms with E-state index in [9.17, 15) is 0 Å². The summed E-state index contributed by atoms with van der Waals surface area (Å²) in [6, 6.07) is 19.3. The standard InChI is InChI=1S/2C17H25P.2ClH.Pd/c2*1-14-8-2-7-13-17(14)18(15-9-3-4-10-15)16-11-5-6-12-16;;;/h2*2,7-8,13,15-16H,3-6,9-12H2,1H3;2*1H;.